The molecular formula is C10H11F3N2O4. The van der Waals surface area contributed by atoms with E-state index in [2.05, 4.69) is 14.5 Å². The molecule has 0 aliphatic heterocycles. The summed E-state index contributed by atoms with van der Waals surface area (Å²) in [5, 5.41) is 0. The van der Waals surface area contributed by atoms with Crippen LogP contribution in [0.5, 0.6) is 11.5 Å². The van der Waals surface area contributed by atoms with Crippen molar-refractivity contribution in [3.8, 4) is 11.5 Å². The summed E-state index contributed by atoms with van der Waals surface area (Å²) in [7, 11) is 2.24. The van der Waals surface area contributed by atoms with Crippen LogP contribution in [0.1, 0.15) is 16.2 Å². The molecule has 106 valence electrons. The normalized spacial score (nSPS) is 11.1. The number of hydrogen-bond donors (Lipinski definition) is 1. The molecule has 0 fully saturated rings. The van der Waals surface area contributed by atoms with Crippen molar-refractivity contribution in [2.45, 2.75) is 12.9 Å². The number of nitrogens with zero attached hydrogens (tertiary/aromatic N) is 1. The lowest BCUT2D eigenvalue weighted by atomic mass is 10.2. The van der Waals surface area contributed by atoms with Crippen molar-refractivity contribution in [3.63, 3.8) is 0 Å². The van der Waals surface area contributed by atoms with Crippen molar-refractivity contribution in [2.24, 2.45) is 5.73 Å². The number of carbonyl (C=O) groups excluding carboxylic acids is 1. The van der Waals surface area contributed by atoms with Gasteiger partial charge in [-0.2, -0.15) is 0 Å². The van der Waals surface area contributed by atoms with Crippen LogP contribution in [-0.4, -0.2) is 31.5 Å². The van der Waals surface area contributed by atoms with Gasteiger partial charge in [0.1, 0.15) is 5.75 Å². The third kappa shape index (κ3) is 3.71. The number of esters is 1. The van der Waals surface area contributed by atoms with Crippen LogP contribution < -0.4 is 15.2 Å². The van der Waals surface area contributed by atoms with E-state index in [0.717, 1.165) is 13.2 Å². The Morgan fingerprint density at radius 2 is 2.00 bits per heavy atom. The van der Waals surface area contributed by atoms with Crippen molar-refractivity contribution in [2.75, 3.05) is 14.2 Å². The van der Waals surface area contributed by atoms with Crippen LogP contribution in [0.4, 0.5) is 13.2 Å². The molecule has 19 heavy (non-hydrogen) atoms. The van der Waals surface area contributed by atoms with Gasteiger partial charge in [0.25, 0.3) is 0 Å². The first kappa shape index (κ1) is 15.0. The highest BCUT2D eigenvalue weighted by molar-refractivity contribution is 5.90. The van der Waals surface area contributed by atoms with E-state index in [0.29, 0.717) is 0 Å². The largest absolute Gasteiger partial charge is 0.573 e. The quantitative estimate of drug-likeness (QED) is 0.835. The van der Waals surface area contributed by atoms with Gasteiger partial charge in [-0.25, -0.2) is 9.78 Å². The summed E-state index contributed by atoms with van der Waals surface area (Å²) in [4.78, 5) is 15.0. The third-order valence-electron chi connectivity index (χ3n) is 2.04. The molecule has 0 radical (unpaired) electrons. The van der Waals surface area contributed by atoms with E-state index >= 15 is 0 Å². The fourth-order valence-corrected chi connectivity index (χ4v) is 1.28. The van der Waals surface area contributed by atoms with Gasteiger partial charge in [0.2, 0.25) is 0 Å². The van der Waals surface area contributed by atoms with Gasteiger partial charge < -0.3 is 19.9 Å². The van der Waals surface area contributed by atoms with Crippen molar-refractivity contribution >= 4 is 5.97 Å². The van der Waals surface area contributed by atoms with Crippen LogP contribution in [0.2, 0.25) is 0 Å². The molecule has 0 aliphatic carbocycles. The van der Waals surface area contributed by atoms with Gasteiger partial charge in [-0.1, -0.05) is 0 Å². The van der Waals surface area contributed by atoms with Crippen LogP contribution >= 0.6 is 0 Å². The summed E-state index contributed by atoms with van der Waals surface area (Å²) in [6.07, 6.45) is -4.97. The van der Waals surface area contributed by atoms with E-state index in [4.69, 9.17) is 10.5 Å². The Labute approximate surface area is 106 Å². The van der Waals surface area contributed by atoms with Crippen molar-refractivity contribution in [1.82, 2.24) is 4.98 Å². The lowest BCUT2D eigenvalue weighted by molar-refractivity contribution is -0.274. The first-order chi connectivity index (χ1) is 8.82. The molecule has 0 bridgehead atoms. The fraction of sp³-hybridized carbons (Fsp3) is 0.400. The minimum Gasteiger partial charge on any atom is -0.495 e. The average molecular weight is 280 g/mol. The highest BCUT2D eigenvalue weighted by atomic mass is 19.4. The fourth-order valence-electron chi connectivity index (χ4n) is 1.28. The van der Waals surface area contributed by atoms with Gasteiger partial charge in [-0.15, -0.1) is 13.2 Å². The monoisotopic (exact) mass is 280 g/mol. The Balaban J connectivity index is 3.35. The number of ether oxygens (including phenoxy) is 3. The Hall–Kier alpha value is -2.03. The molecule has 1 rings (SSSR count). The molecule has 1 aromatic heterocycles. The number of nitrogens with two attached hydrogens (primary N) is 1. The zero-order valence-corrected chi connectivity index (χ0v) is 10.1. The molecule has 0 saturated heterocycles. The van der Waals surface area contributed by atoms with E-state index in [1.54, 1.807) is 0 Å². The molecule has 0 atom stereocenters. The smallest absolute Gasteiger partial charge is 0.495 e. The minimum absolute atomic E-state index is 0.0191. The van der Waals surface area contributed by atoms with Crippen molar-refractivity contribution < 1.29 is 32.2 Å². The number of halogens is 3. The van der Waals surface area contributed by atoms with Crippen LogP contribution in [0.3, 0.4) is 0 Å². The van der Waals surface area contributed by atoms with Gasteiger partial charge in [0.15, 0.2) is 11.4 Å². The highest BCUT2D eigenvalue weighted by Crippen LogP contribution is 2.31. The summed E-state index contributed by atoms with van der Waals surface area (Å²) >= 11 is 0. The Kier molecular flexibility index (Phi) is 4.54. The summed E-state index contributed by atoms with van der Waals surface area (Å²) in [5.41, 5.74) is 4.84. The van der Waals surface area contributed by atoms with Crippen LogP contribution in [0, 0.1) is 0 Å². The minimum atomic E-state index is -4.97. The molecule has 0 aromatic carbocycles. The number of alkyl halides is 3. The van der Waals surface area contributed by atoms with E-state index in [1.807, 2.05) is 0 Å². The molecule has 1 heterocycles. The number of rotatable bonds is 4. The molecule has 0 aliphatic rings. The maximum absolute atomic E-state index is 12.2. The SMILES string of the molecule is COC(=O)c1nc(CN)c(OC)cc1OC(F)(F)F. The molecule has 1 aromatic rings. The number of pyridine rings is 1. The lowest BCUT2D eigenvalue weighted by Crippen LogP contribution is -2.21. The Bertz CT molecular complexity index is 477. The van der Waals surface area contributed by atoms with Gasteiger partial charge in [0.05, 0.1) is 19.9 Å². The molecule has 0 unspecified atom stereocenters. The zero-order valence-electron chi connectivity index (χ0n) is 10.1. The molecule has 0 amide bonds. The average Bonchev–Trinajstić information content (AvgIpc) is 2.35. The van der Waals surface area contributed by atoms with E-state index in [-0.39, 0.29) is 18.0 Å². The molecule has 0 spiro atoms. The van der Waals surface area contributed by atoms with E-state index < -0.39 is 23.8 Å². The second kappa shape index (κ2) is 5.74. The summed E-state index contributed by atoms with van der Waals surface area (Å²) in [6.45, 7) is -0.126. The van der Waals surface area contributed by atoms with Crippen LogP contribution in [0.15, 0.2) is 6.07 Å². The van der Waals surface area contributed by atoms with Gasteiger partial charge >= 0.3 is 12.3 Å². The van der Waals surface area contributed by atoms with E-state index in [1.165, 1.54) is 7.11 Å². The van der Waals surface area contributed by atoms with Crippen molar-refractivity contribution in [1.29, 1.82) is 0 Å². The second-order valence-electron chi connectivity index (χ2n) is 3.23. The molecule has 6 nitrogen and oxygen atoms in total. The summed E-state index contributed by atoms with van der Waals surface area (Å²) < 4.78 is 49.6. The molecule has 9 heteroatoms. The van der Waals surface area contributed by atoms with Crippen LogP contribution in [0.25, 0.3) is 0 Å². The molecular weight excluding hydrogens is 269 g/mol. The number of hydrogen-bond acceptors (Lipinski definition) is 6. The van der Waals surface area contributed by atoms with E-state index in [9.17, 15) is 18.0 Å². The van der Waals surface area contributed by atoms with Crippen LogP contribution in [-0.2, 0) is 11.3 Å². The second-order valence-corrected chi connectivity index (χ2v) is 3.23. The van der Waals surface area contributed by atoms with Crippen molar-refractivity contribution in [3.05, 3.63) is 17.5 Å². The number of carbonyl (C=O) groups is 1. The topological polar surface area (TPSA) is 83.7 Å². The summed E-state index contributed by atoms with van der Waals surface area (Å²) in [5.74, 6) is -1.90. The predicted molar refractivity (Wildman–Crippen MR) is 56.7 cm³/mol. The molecule has 2 N–H and O–H groups in total. The first-order valence-corrected chi connectivity index (χ1v) is 4.94. The number of aromatic nitrogens is 1. The zero-order chi connectivity index (χ0) is 14.6. The first-order valence-electron chi connectivity index (χ1n) is 4.94. The lowest BCUT2D eigenvalue weighted by Gasteiger charge is -2.14. The van der Waals surface area contributed by atoms with Gasteiger partial charge in [-0.3, -0.25) is 0 Å². The van der Waals surface area contributed by atoms with Gasteiger partial charge in [-0.05, 0) is 0 Å². The maximum atomic E-state index is 12.2. The predicted octanol–water partition coefficient (Wildman–Crippen LogP) is 1.23. The summed E-state index contributed by atoms with van der Waals surface area (Å²) in [6, 6.07) is 0.884. The standard InChI is InChI=1S/C10H11F3N2O4/c1-17-6-3-7(19-10(11,12)13)8(9(16)18-2)15-5(6)4-14/h3H,4,14H2,1-2H3. The number of methoxy groups -OCH3 is 2. The Morgan fingerprint density at radius 1 is 1.37 bits per heavy atom. The Morgan fingerprint density at radius 3 is 2.42 bits per heavy atom. The third-order valence-corrected chi connectivity index (χ3v) is 2.04. The van der Waals surface area contributed by atoms with Gasteiger partial charge in [0, 0.05) is 12.6 Å². The molecule has 0 saturated carbocycles. The maximum Gasteiger partial charge on any atom is 0.573 e. The highest BCUT2D eigenvalue weighted by Gasteiger charge is 2.34.